The number of thiophene rings is 1. The van der Waals surface area contributed by atoms with Crippen LogP contribution in [0.2, 0.25) is 0 Å². The molecule has 1 aromatic heterocycles. The highest BCUT2D eigenvalue weighted by molar-refractivity contribution is 7.15. The fourth-order valence-electron chi connectivity index (χ4n) is 5.36. The van der Waals surface area contributed by atoms with Crippen LogP contribution in [0.5, 0.6) is 0 Å². The fourth-order valence-corrected chi connectivity index (χ4v) is 6.34. The summed E-state index contributed by atoms with van der Waals surface area (Å²) in [5.74, 6) is -0.802. The molecule has 2 heterocycles. The molecular weight excluding hydrogens is 430 g/mol. The van der Waals surface area contributed by atoms with Gasteiger partial charge in [-0.25, -0.2) is 9.59 Å². The third-order valence-electron chi connectivity index (χ3n) is 6.06. The van der Waals surface area contributed by atoms with Crippen molar-refractivity contribution in [3.63, 3.8) is 0 Å². The highest BCUT2D eigenvalue weighted by Gasteiger charge is 2.56. The van der Waals surface area contributed by atoms with Crippen molar-refractivity contribution in [1.82, 2.24) is 10.2 Å². The number of ether oxygens (including phenoxy) is 1. The van der Waals surface area contributed by atoms with Crippen molar-refractivity contribution in [3.05, 3.63) is 16.5 Å². The summed E-state index contributed by atoms with van der Waals surface area (Å²) in [7, 11) is 1.30. The van der Waals surface area contributed by atoms with Gasteiger partial charge in [0.2, 0.25) is 5.91 Å². The standard InChI is InChI=1S/C23H33N3O5S/c1-13(2)7-15-11-32-18(17(15)19(28)31-6)24-16(27)10-26-20(29)23(25-21(26)30)9-14(3)8-22(4,5)12-23/h11,13-14H,7-10,12H2,1-6H3,(H,24,27)(H,25,30). The van der Waals surface area contributed by atoms with Crippen LogP contribution in [-0.2, 0) is 20.7 Å². The maximum atomic E-state index is 13.3. The maximum Gasteiger partial charge on any atom is 0.341 e. The number of rotatable bonds is 6. The number of nitrogens with zero attached hydrogens (tertiary/aromatic N) is 1. The SMILES string of the molecule is COC(=O)c1c(CC(C)C)csc1NC(=O)CN1C(=O)NC2(CC(C)CC(C)(C)C2)C1=O. The first-order valence-electron chi connectivity index (χ1n) is 11.0. The zero-order valence-electron chi connectivity index (χ0n) is 19.7. The van der Waals surface area contributed by atoms with Gasteiger partial charge in [0.25, 0.3) is 5.91 Å². The van der Waals surface area contributed by atoms with Crippen LogP contribution in [0.4, 0.5) is 9.80 Å². The zero-order chi connectivity index (χ0) is 23.8. The van der Waals surface area contributed by atoms with Crippen LogP contribution in [0.3, 0.4) is 0 Å². The van der Waals surface area contributed by atoms with Gasteiger partial charge in [-0.1, -0.05) is 34.6 Å². The average molecular weight is 464 g/mol. The molecule has 3 rings (SSSR count). The van der Waals surface area contributed by atoms with Gasteiger partial charge in [0.1, 0.15) is 17.1 Å². The average Bonchev–Trinajstić information content (AvgIpc) is 3.12. The molecule has 2 atom stereocenters. The molecule has 0 aromatic carbocycles. The predicted octanol–water partition coefficient (Wildman–Crippen LogP) is 3.81. The van der Waals surface area contributed by atoms with E-state index in [0.29, 0.717) is 35.7 Å². The molecule has 4 amide bonds. The normalized spacial score (nSPS) is 24.7. The Hall–Kier alpha value is -2.42. The summed E-state index contributed by atoms with van der Waals surface area (Å²) in [5, 5.41) is 7.78. The Balaban J connectivity index is 1.76. The van der Waals surface area contributed by atoms with Crippen molar-refractivity contribution >= 4 is 40.2 Å². The van der Waals surface area contributed by atoms with E-state index in [2.05, 4.69) is 31.4 Å². The summed E-state index contributed by atoms with van der Waals surface area (Å²) in [5.41, 5.74) is 0.0943. The van der Waals surface area contributed by atoms with Gasteiger partial charge in [-0.15, -0.1) is 11.3 Å². The molecule has 9 heteroatoms. The van der Waals surface area contributed by atoms with Gasteiger partial charge in [-0.2, -0.15) is 0 Å². The van der Waals surface area contributed by atoms with Crippen LogP contribution in [0.25, 0.3) is 0 Å². The van der Waals surface area contributed by atoms with Gasteiger partial charge in [-0.05, 0) is 53.9 Å². The Morgan fingerprint density at radius 1 is 1.31 bits per heavy atom. The Bertz CT molecular complexity index is 938. The molecule has 2 aliphatic rings. The van der Waals surface area contributed by atoms with Crippen LogP contribution in [0.15, 0.2) is 5.38 Å². The number of amides is 4. The Morgan fingerprint density at radius 3 is 2.59 bits per heavy atom. The molecule has 0 radical (unpaired) electrons. The van der Waals surface area contributed by atoms with Crippen molar-refractivity contribution in [2.75, 3.05) is 19.0 Å². The predicted molar refractivity (Wildman–Crippen MR) is 123 cm³/mol. The number of esters is 1. The first kappa shape index (κ1) is 24.2. The van der Waals surface area contributed by atoms with E-state index < -0.39 is 30.0 Å². The highest BCUT2D eigenvalue weighted by Crippen LogP contribution is 2.46. The molecule has 1 aliphatic carbocycles. The molecule has 1 aliphatic heterocycles. The molecule has 2 unspecified atom stereocenters. The monoisotopic (exact) mass is 463 g/mol. The summed E-state index contributed by atoms with van der Waals surface area (Å²) < 4.78 is 4.90. The minimum atomic E-state index is -0.955. The van der Waals surface area contributed by atoms with E-state index in [4.69, 9.17) is 4.74 Å². The molecule has 0 bridgehead atoms. The second-order valence-electron chi connectivity index (χ2n) is 10.4. The van der Waals surface area contributed by atoms with Crippen LogP contribution in [0.1, 0.15) is 69.8 Å². The van der Waals surface area contributed by atoms with E-state index in [1.165, 1.54) is 18.4 Å². The Morgan fingerprint density at radius 2 is 2.00 bits per heavy atom. The zero-order valence-corrected chi connectivity index (χ0v) is 20.5. The second-order valence-corrected chi connectivity index (χ2v) is 11.2. The lowest BCUT2D eigenvalue weighted by atomic mass is 9.64. The highest BCUT2D eigenvalue weighted by atomic mass is 32.1. The van der Waals surface area contributed by atoms with Crippen molar-refractivity contribution in [2.45, 2.75) is 65.8 Å². The number of hydrogen-bond donors (Lipinski definition) is 2. The second kappa shape index (κ2) is 8.84. The fraction of sp³-hybridized carbons (Fsp3) is 0.652. The topological polar surface area (TPSA) is 105 Å². The van der Waals surface area contributed by atoms with Crippen molar-refractivity contribution in [1.29, 1.82) is 0 Å². The summed E-state index contributed by atoms with van der Waals surface area (Å²) in [4.78, 5) is 52.0. The molecule has 1 spiro atoms. The van der Waals surface area contributed by atoms with E-state index in [-0.39, 0.29) is 17.2 Å². The molecule has 32 heavy (non-hydrogen) atoms. The van der Waals surface area contributed by atoms with Gasteiger partial charge < -0.3 is 15.4 Å². The Labute approximate surface area is 193 Å². The first-order chi connectivity index (χ1) is 14.9. The smallest absolute Gasteiger partial charge is 0.341 e. The van der Waals surface area contributed by atoms with E-state index in [1.54, 1.807) is 0 Å². The first-order valence-corrected chi connectivity index (χ1v) is 11.9. The molecule has 1 aromatic rings. The molecule has 176 valence electrons. The molecule has 8 nitrogen and oxygen atoms in total. The third-order valence-corrected chi connectivity index (χ3v) is 7.01. The maximum absolute atomic E-state index is 13.3. The summed E-state index contributed by atoms with van der Waals surface area (Å²) in [6.07, 6.45) is 2.75. The largest absolute Gasteiger partial charge is 0.465 e. The number of anilines is 1. The van der Waals surface area contributed by atoms with E-state index in [0.717, 1.165) is 16.9 Å². The summed E-state index contributed by atoms with van der Waals surface area (Å²) in [6.45, 7) is 9.95. The minimum Gasteiger partial charge on any atom is -0.465 e. The summed E-state index contributed by atoms with van der Waals surface area (Å²) >= 11 is 1.23. The van der Waals surface area contributed by atoms with Crippen molar-refractivity contribution in [2.24, 2.45) is 17.3 Å². The lowest BCUT2D eigenvalue weighted by molar-refractivity contribution is -0.136. The van der Waals surface area contributed by atoms with Crippen molar-refractivity contribution in [3.8, 4) is 0 Å². The lowest BCUT2D eigenvalue weighted by Crippen LogP contribution is -2.54. The van der Waals surface area contributed by atoms with Gasteiger partial charge in [0.05, 0.1) is 12.7 Å². The van der Waals surface area contributed by atoms with Gasteiger partial charge in [0, 0.05) is 0 Å². The lowest BCUT2D eigenvalue weighted by Gasteiger charge is -2.43. The van der Waals surface area contributed by atoms with E-state index in [9.17, 15) is 19.2 Å². The molecular formula is C23H33N3O5S. The molecule has 1 saturated heterocycles. The molecule has 2 N–H and O–H groups in total. The van der Waals surface area contributed by atoms with Gasteiger partial charge in [-0.3, -0.25) is 14.5 Å². The number of nitrogens with one attached hydrogen (secondary N) is 2. The van der Waals surface area contributed by atoms with E-state index in [1.807, 2.05) is 19.2 Å². The van der Waals surface area contributed by atoms with Crippen LogP contribution < -0.4 is 10.6 Å². The van der Waals surface area contributed by atoms with Crippen molar-refractivity contribution < 1.29 is 23.9 Å². The van der Waals surface area contributed by atoms with Gasteiger partial charge in [0.15, 0.2) is 0 Å². The molecule has 2 fully saturated rings. The molecule has 1 saturated carbocycles. The number of methoxy groups -OCH3 is 1. The number of hydrogen-bond acceptors (Lipinski definition) is 6. The third kappa shape index (κ3) is 4.82. The van der Waals surface area contributed by atoms with E-state index >= 15 is 0 Å². The Kier molecular flexibility index (Phi) is 6.70. The minimum absolute atomic E-state index is 0.0852. The van der Waals surface area contributed by atoms with Crippen LogP contribution in [0, 0.1) is 17.3 Å². The number of carbonyl (C=O) groups is 4. The quantitative estimate of drug-likeness (QED) is 0.493. The van der Waals surface area contributed by atoms with Crippen LogP contribution >= 0.6 is 11.3 Å². The number of imide groups is 1. The van der Waals surface area contributed by atoms with Gasteiger partial charge >= 0.3 is 12.0 Å². The van der Waals surface area contributed by atoms with Crippen LogP contribution in [-0.4, -0.2) is 47.9 Å². The summed E-state index contributed by atoms with van der Waals surface area (Å²) in [6, 6.07) is -0.546. The number of urea groups is 1. The number of carbonyl (C=O) groups excluding carboxylic acids is 4.